The van der Waals surface area contributed by atoms with Crippen molar-refractivity contribution in [2.75, 3.05) is 5.75 Å². The largest absolute Gasteiger partial charge is 0.416 e. The minimum absolute atomic E-state index is 0.00158. The molecule has 0 radical (unpaired) electrons. The van der Waals surface area contributed by atoms with Crippen LogP contribution in [0.4, 0.5) is 13.2 Å². The van der Waals surface area contributed by atoms with Crippen LogP contribution in [0.15, 0.2) is 29.2 Å². The van der Waals surface area contributed by atoms with E-state index >= 15 is 0 Å². The predicted molar refractivity (Wildman–Crippen MR) is 73.4 cm³/mol. The fourth-order valence-electron chi connectivity index (χ4n) is 2.71. The van der Waals surface area contributed by atoms with E-state index in [2.05, 4.69) is 0 Å². The van der Waals surface area contributed by atoms with Gasteiger partial charge in [-0.3, -0.25) is 0 Å². The Labute approximate surface area is 122 Å². The summed E-state index contributed by atoms with van der Waals surface area (Å²) in [7, 11) is -3.71. The van der Waals surface area contributed by atoms with Crippen molar-refractivity contribution in [3.8, 4) is 0 Å². The molecule has 1 aromatic rings. The van der Waals surface area contributed by atoms with E-state index in [9.17, 15) is 21.6 Å². The average molecular weight is 321 g/mol. The number of hydrogen-bond donors (Lipinski definition) is 1. The lowest BCUT2D eigenvalue weighted by Crippen LogP contribution is -2.26. The van der Waals surface area contributed by atoms with Crippen molar-refractivity contribution < 1.29 is 21.6 Å². The second kappa shape index (κ2) is 5.96. The van der Waals surface area contributed by atoms with Crippen LogP contribution in [0.1, 0.15) is 31.2 Å². The van der Waals surface area contributed by atoms with E-state index in [1.807, 2.05) is 0 Å². The van der Waals surface area contributed by atoms with Crippen molar-refractivity contribution in [1.29, 1.82) is 0 Å². The molecule has 0 unspecified atom stereocenters. The summed E-state index contributed by atoms with van der Waals surface area (Å²) >= 11 is 0. The van der Waals surface area contributed by atoms with E-state index in [-0.39, 0.29) is 22.6 Å². The Morgan fingerprint density at radius 1 is 1.24 bits per heavy atom. The molecule has 118 valence electrons. The second-order valence-corrected chi connectivity index (χ2v) is 7.60. The highest BCUT2D eigenvalue weighted by Crippen LogP contribution is 2.32. The molecule has 2 rings (SSSR count). The van der Waals surface area contributed by atoms with Crippen LogP contribution >= 0.6 is 0 Å². The van der Waals surface area contributed by atoms with Gasteiger partial charge in [0.05, 0.1) is 16.2 Å². The highest BCUT2D eigenvalue weighted by Gasteiger charge is 2.32. The Bertz CT molecular complexity index is 598. The van der Waals surface area contributed by atoms with Gasteiger partial charge in [0.1, 0.15) is 0 Å². The van der Waals surface area contributed by atoms with Crippen molar-refractivity contribution in [2.45, 2.75) is 42.8 Å². The summed E-state index contributed by atoms with van der Waals surface area (Å²) in [5.41, 5.74) is 4.94. The first-order chi connectivity index (χ1) is 9.70. The Balaban J connectivity index is 2.12. The van der Waals surface area contributed by atoms with E-state index < -0.39 is 21.6 Å². The highest BCUT2D eigenvalue weighted by atomic mass is 32.2. The summed E-state index contributed by atoms with van der Waals surface area (Å²) in [5, 5.41) is 0. The molecular formula is C14H18F3NO2S. The maximum Gasteiger partial charge on any atom is 0.416 e. The van der Waals surface area contributed by atoms with Gasteiger partial charge < -0.3 is 5.73 Å². The van der Waals surface area contributed by atoms with Crippen molar-refractivity contribution in [3.63, 3.8) is 0 Å². The van der Waals surface area contributed by atoms with Crippen LogP contribution in [0.5, 0.6) is 0 Å². The first kappa shape index (κ1) is 16.3. The van der Waals surface area contributed by atoms with Gasteiger partial charge in [0, 0.05) is 6.04 Å². The lowest BCUT2D eigenvalue weighted by molar-refractivity contribution is -0.137. The smallest absolute Gasteiger partial charge is 0.327 e. The molecule has 3 nitrogen and oxygen atoms in total. The zero-order chi connectivity index (χ0) is 15.7. The fourth-order valence-corrected chi connectivity index (χ4v) is 4.16. The third-order valence-corrected chi connectivity index (χ3v) is 5.74. The molecule has 0 saturated heterocycles. The Kier molecular flexibility index (Phi) is 4.63. The molecule has 0 aromatic heterocycles. The summed E-state index contributed by atoms with van der Waals surface area (Å²) in [5.74, 6) is -0.0160. The van der Waals surface area contributed by atoms with Crippen LogP contribution in [0.25, 0.3) is 0 Å². The second-order valence-electron chi connectivity index (χ2n) is 5.49. The summed E-state index contributed by atoms with van der Waals surface area (Å²) in [6.45, 7) is 0. The number of rotatable bonds is 4. The highest BCUT2D eigenvalue weighted by molar-refractivity contribution is 7.91. The maximum atomic E-state index is 12.6. The van der Waals surface area contributed by atoms with Crippen LogP contribution in [-0.2, 0) is 16.0 Å². The third kappa shape index (κ3) is 3.97. The molecule has 2 N–H and O–H groups in total. The SMILES string of the molecule is N[C@H]1CCC[C@@H]1CCS(=O)(=O)c1cccc(C(F)(F)F)c1. The lowest BCUT2D eigenvalue weighted by atomic mass is 10.0. The van der Waals surface area contributed by atoms with Crippen molar-refractivity contribution >= 4 is 9.84 Å². The molecule has 0 heterocycles. The molecule has 1 fully saturated rings. The van der Waals surface area contributed by atoms with Crippen molar-refractivity contribution in [3.05, 3.63) is 29.8 Å². The van der Waals surface area contributed by atoms with Gasteiger partial charge in [0.15, 0.2) is 9.84 Å². The first-order valence-corrected chi connectivity index (χ1v) is 8.51. The van der Waals surface area contributed by atoms with Crippen molar-refractivity contribution in [2.24, 2.45) is 11.7 Å². The molecule has 7 heteroatoms. The van der Waals surface area contributed by atoms with Gasteiger partial charge in [-0.25, -0.2) is 8.42 Å². The molecular weight excluding hydrogens is 303 g/mol. The summed E-state index contributed by atoms with van der Waals surface area (Å²) in [6.07, 6.45) is -1.39. The molecule has 1 aliphatic carbocycles. The number of benzene rings is 1. The fraction of sp³-hybridized carbons (Fsp3) is 0.571. The monoisotopic (exact) mass is 321 g/mol. The maximum absolute atomic E-state index is 12.6. The minimum atomic E-state index is -4.54. The van der Waals surface area contributed by atoms with Crippen LogP contribution in [0, 0.1) is 5.92 Å². The standard InChI is InChI=1S/C14H18F3NO2S/c15-14(16,17)11-4-2-5-12(9-11)21(19,20)8-7-10-3-1-6-13(10)18/h2,4-5,9-10,13H,1,3,6-8,18H2/t10-,13+/m1/s1. The zero-order valence-electron chi connectivity index (χ0n) is 11.4. The van der Waals surface area contributed by atoms with Gasteiger partial charge in [0.25, 0.3) is 0 Å². The van der Waals surface area contributed by atoms with E-state index in [4.69, 9.17) is 5.73 Å². The van der Waals surface area contributed by atoms with Crippen LogP contribution in [-0.4, -0.2) is 20.2 Å². The Morgan fingerprint density at radius 3 is 2.52 bits per heavy atom. The molecule has 21 heavy (non-hydrogen) atoms. The molecule has 1 aromatic carbocycles. The lowest BCUT2D eigenvalue weighted by Gasteiger charge is -2.15. The number of alkyl halides is 3. The Hall–Kier alpha value is -1.08. The van der Waals surface area contributed by atoms with E-state index in [1.54, 1.807) is 0 Å². The van der Waals surface area contributed by atoms with Gasteiger partial charge >= 0.3 is 6.18 Å². The summed E-state index contributed by atoms with van der Waals surface area (Å²) < 4.78 is 62.2. The van der Waals surface area contributed by atoms with E-state index in [0.29, 0.717) is 12.5 Å². The van der Waals surface area contributed by atoms with Gasteiger partial charge in [-0.1, -0.05) is 12.5 Å². The first-order valence-electron chi connectivity index (χ1n) is 6.86. The van der Waals surface area contributed by atoms with E-state index in [0.717, 1.165) is 31.4 Å². The van der Waals surface area contributed by atoms with Gasteiger partial charge in [0.2, 0.25) is 0 Å². The third-order valence-electron chi connectivity index (χ3n) is 4.00. The van der Waals surface area contributed by atoms with Gasteiger partial charge in [-0.05, 0) is 43.4 Å². The van der Waals surface area contributed by atoms with Gasteiger partial charge in [-0.15, -0.1) is 0 Å². The Morgan fingerprint density at radius 2 is 1.95 bits per heavy atom. The molecule has 0 amide bonds. The molecule has 0 spiro atoms. The molecule has 2 atom stereocenters. The van der Waals surface area contributed by atoms with Crippen LogP contribution in [0.2, 0.25) is 0 Å². The molecule has 0 aliphatic heterocycles. The summed E-state index contributed by atoms with van der Waals surface area (Å²) in [4.78, 5) is -0.274. The normalized spacial score (nSPS) is 23.4. The van der Waals surface area contributed by atoms with E-state index in [1.165, 1.54) is 6.07 Å². The zero-order valence-corrected chi connectivity index (χ0v) is 12.3. The number of hydrogen-bond acceptors (Lipinski definition) is 3. The number of halogens is 3. The topological polar surface area (TPSA) is 60.2 Å². The van der Waals surface area contributed by atoms with Gasteiger partial charge in [-0.2, -0.15) is 13.2 Å². The minimum Gasteiger partial charge on any atom is -0.327 e. The van der Waals surface area contributed by atoms with Crippen molar-refractivity contribution in [1.82, 2.24) is 0 Å². The summed E-state index contributed by atoms with van der Waals surface area (Å²) in [6, 6.07) is 3.90. The van der Waals surface area contributed by atoms with Crippen LogP contribution < -0.4 is 5.73 Å². The number of sulfone groups is 1. The quantitative estimate of drug-likeness (QED) is 0.927. The molecule has 0 bridgehead atoms. The van der Waals surface area contributed by atoms with Crippen LogP contribution in [0.3, 0.4) is 0 Å². The molecule has 1 saturated carbocycles. The molecule has 1 aliphatic rings. The number of nitrogens with two attached hydrogens (primary N) is 1. The predicted octanol–water partition coefficient (Wildman–Crippen LogP) is 3.00. The average Bonchev–Trinajstić information content (AvgIpc) is 2.81.